The van der Waals surface area contributed by atoms with Crippen LogP contribution in [-0.4, -0.2) is 25.5 Å². The van der Waals surface area contributed by atoms with Gasteiger partial charge in [0.15, 0.2) is 0 Å². The highest BCUT2D eigenvalue weighted by atomic mass is 35.5. The van der Waals surface area contributed by atoms with Crippen molar-refractivity contribution in [3.63, 3.8) is 0 Å². The van der Waals surface area contributed by atoms with Gasteiger partial charge in [0, 0.05) is 13.2 Å². The van der Waals surface area contributed by atoms with Gasteiger partial charge in [0.2, 0.25) is 5.91 Å². The lowest BCUT2D eigenvalue weighted by Crippen LogP contribution is -2.25. The van der Waals surface area contributed by atoms with Crippen LogP contribution >= 0.6 is 11.6 Å². The highest BCUT2D eigenvalue weighted by molar-refractivity contribution is 6.31. The van der Waals surface area contributed by atoms with Gasteiger partial charge in [0.05, 0.1) is 27.8 Å². The van der Waals surface area contributed by atoms with Crippen molar-refractivity contribution >= 4 is 23.2 Å². The van der Waals surface area contributed by atoms with Gasteiger partial charge in [-0.15, -0.1) is 0 Å². The minimum Gasteiger partial charge on any atom is -0.321 e. The van der Waals surface area contributed by atoms with Crippen LogP contribution in [0, 0.1) is 20.8 Å². The van der Waals surface area contributed by atoms with Crippen molar-refractivity contribution in [1.82, 2.24) is 19.6 Å². The molecular formula is C13H18ClN5O. The number of nitrogens with one attached hydrogen (secondary N) is 1. The molecule has 7 heteroatoms. The minimum absolute atomic E-state index is 0.150. The van der Waals surface area contributed by atoms with Crippen LogP contribution in [0.25, 0.3) is 0 Å². The number of carbonyl (C=O) groups excluding carboxylic acids is 1. The zero-order chi connectivity index (χ0) is 15.0. The van der Waals surface area contributed by atoms with Crippen LogP contribution in [0.1, 0.15) is 30.0 Å². The third-order valence-electron chi connectivity index (χ3n) is 3.25. The van der Waals surface area contributed by atoms with Gasteiger partial charge in [-0.05, 0) is 27.7 Å². The molecule has 20 heavy (non-hydrogen) atoms. The van der Waals surface area contributed by atoms with Gasteiger partial charge in [-0.1, -0.05) is 11.6 Å². The first-order valence-electron chi connectivity index (χ1n) is 6.33. The summed E-state index contributed by atoms with van der Waals surface area (Å²) in [6.45, 7) is 7.31. The van der Waals surface area contributed by atoms with E-state index in [-0.39, 0.29) is 5.91 Å². The van der Waals surface area contributed by atoms with E-state index >= 15 is 0 Å². The molecule has 0 radical (unpaired) electrons. The second kappa shape index (κ2) is 5.28. The molecule has 2 aromatic heterocycles. The molecule has 0 aliphatic heterocycles. The van der Waals surface area contributed by atoms with Crippen LogP contribution < -0.4 is 5.32 Å². The number of aryl methyl sites for hydroxylation is 3. The Kier molecular flexibility index (Phi) is 3.85. The molecule has 2 heterocycles. The quantitative estimate of drug-likeness (QED) is 0.945. The number of hydrogen-bond donors (Lipinski definition) is 1. The van der Waals surface area contributed by atoms with Crippen LogP contribution in [0.15, 0.2) is 6.20 Å². The first-order valence-corrected chi connectivity index (χ1v) is 6.71. The number of carbonyl (C=O) groups is 1. The molecule has 2 aromatic rings. The van der Waals surface area contributed by atoms with E-state index in [0.717, 1.165) is 17.1 Å². The number of halogens is 1. The number of aromatic nitrogens is 4. The average molecular weight is 296 g/mol. The fourth-order valence-corrected chi connectivity index (χ4v) is 2.21. The fourth-order valence-electron chi connectivity index (χ4n) is 2.09. The second-order valence-corrected chi connectivity index (χ2v) is 5.27. The number of nitrogens with zero attached hydrogens (tertiary/aromatic N) is 4. The Hall–Kier alpha value is -1.82. The van der Waals surface area contributed by atoms with Gasteiger partial charge in [0.1, 0.15) is 6.04 Å². The topological polar surface area (TPSA) is 64.7 Å². The highest BCUT2D eigenvalue weighted by Crippen LogP contribution is 2.23. The third-order valence-corrected chi connectivity index (χ3v) is 3.80. The van der Waals surface area contributed by atoms with E-state index in [2.05, 4.69) is 15.5 Å². The van der Waals surface area contributed by atoms with Gasteiger partial charge in [-0.2, -0.15) is 10.2 Å². The first-order chi connectivity index (χ1) is 9.31. The van der Waals surface area contributed by atoms with Gasteiger partial charge in [-0.3, -0.25) is 14.2 Å². The molecule has 6 nitrogen and oxygen atoms in total. The van der Waals surface area contributed by atoms with Crippen molar-refractivity contribution in [2.75, 3.05) is 5.32 Å². The zero-order valence-electron chi connectivity index (χ0n) is 12.2. The molecule has 1 atom stereocenters. The predicted octanol–water partition coefficient (Wildman–Crippen LogP) is 2.39. The molecule has 1 amide bonds. The van der Waals surface area contributed by atoms with Crippen molar-refractivity contribution in [3.05, 3.63) is 28.3 Å². The zero-order valence-corrected chi connectivity index (χ0v) is 13.0. The Morgan fingerprint density at radius 3 is 2.40 bits per heavy atom. The first kappa shape index (κ1) is 14.6. The van der Waals surface area contributed by atoms with Crippen LogP contribution in [-0.2, 0) is 11.8 Å². The highest BCUT2D eigenvalue weighted by Gasteiger charge is 2.21. The minimum atomic E-state index is -0.444. The summed E-state index contributed by atoms with van der Waals surface area (Å²) in [5.41, 5.74) is 2.99. The Morgan fingerprint density at radius 2 is 1.95 bits per heavy atom. The third kappa shape index (κ3) is 2.56. The Bertz CT molecular complexity index is 658. The second-order valence-electron chi connectivity index (χ2n) is 4.90. The van der Waals surface area contributed by atoms with Crippen LogP contribution in [0.4, 0.5) is 5.69 Å². The standard InChI is InChI=1S/C13H18ClN5O/c1-7-11(6-18(5)16-7)15-13(20)10(4)19-9(3)12(14)8(2)17-19/h6,10H,1-5H3,(H,15,20). The van der Waals surface area contributed by atoms with E-state index in [1.807, 2.05) is 27.8 Å². The van der Waals surface area contributed by atoms with E-state index in [1.165, 1.54) is 0 Å². The average Bonchev–Trinajstić information content (AvgIpc) is 2.82. The van der Waals surface area contributed by atoms with Crippen molar-refractivity contribution in [1.29, 1.82) is 0 Å². The maximum absolute atomic E-state index is 12.3. The molecule has 1 unspecified atom stereocenters. The molecule has 0 aromatic carbocycles. The van der Waals surface area contributed by atoms with Crippen LogP contribution in [0.3, 0.4) is 0 Å². The molecular weight excluding hydrogens is 278 g/mol. The largest absolute Gasteiger partial charge is 0.321 e. The van der Waals surface area contributed by atoms with E-state index in [1.54, 1.807) is 22.5 Å². The molecule has 0 bridgehead atoms. The molecule has 1 N–H and O–H groups in total. The maximum Gasteiger partial charge on any atom is 0.249 e. The van der Waals surface area contributed by atoms with E-state index in [4.69, 9.17) is 11.6 Å². The van der Waals surface area contributed by atoms with Gasteiger partial charge < -0.3 is 5.32 Å². The maximum atomic E-state index is 12.3. The Labute approximate surface area is 122 Å². The van der Waals surface area contributed by atoms with Crippen LogP contribution in [0.5, 0.6) is 0 Å². The summed E-state index contributed by atoms with van der Waals surface area (Å²) in [5, 5.41) is 12.0. The van der Waals surface area contributed by atoms with Crippen molar-refractivity contribution < 1.29 is 4.79 Å². The molecule has 0 spiro atoms. The lowest BCUT2D eigenvalue weighted by Gasteiger charge is -2.14. The number of hydrogen-bond acceptors (Lipinski definition) is 3. The van der Waals surface area contributed by atoms with E-state index < -0.39 is 6.04 Å². The summed E-state index contributed by atoms with van der Waals surface area (Å²) in [6.07, 6.45) is 1.77. The normalized spacial score (nSPS) is 12.5. The van der Waals surface area contributed by atoms with E-state index in [0.29, 0.717) is 10.7 Å². The van der Waals surface area contributed by atoms with Crippen LogP contribution in [0.2, 0.25) is 5.02 Å². The summed E-state index contributed by atoms with van der Waals surface area (Å²) >= 11 is 6.11. The molecule has 0 aliphatic rings. The summed E-state index contributed by atoms with van der Waals surface area (Å²) in [6, 6.07) is -0.444. The fraction of sp³-hybridized carbons (Fsp3) is 0.462. The van der Waals surface area contributed by atoms with Crippen molar-refractivity contribution in [2.45, 2.75) is 33.7 Å². The van der Waals surface area contributed by atoms with E-state index in [9.17, 15) is 4.79 Å². The SMILES string of the molecule is Cc1nn(C)cc1NC(=O)C(C)n1nc(C)c(Cl)c1C. The van der Waals surface area contributed by atoms with Crippen molar-refractivity contribution in [2.24, 2.45) is 7.05 Å². The lowest BCUT2D eigenvalue weighted by molar-refractivity contribution is -0.119. The number of amides is 1. The van der Waals surface area contributed by atoms with Gasteiger partial charge in [-0.25, -0.2) is 0 Å². The predicted molar refractivity (Wildman–Crippen MR) is 78.0 cm³/mol. The monoisotopic (exact) mass is 295 g/mol. The summed E-state index contributed by atoms with van der Waals surface area (Å²) in [7, 11) is 1.81. The molecule has 2 rings (SSSR count). The number of rotatable bonds is 3. The summed E-state index contributed by atoms with van der Waals surface area (Å²) < 4.78 is 3.30. The molecule has 0 saturated carbocycles. The summed E-state index contributed by atoms with van der Waals surface area (Å²) in [4.78, 5) is 12.3. The lowest BCUT2D eigenvalue weighted by atomic mass is 10.3. The molecule has 0 saturated heterocycles. The molecule has 108 valence electrons. The molecule has 0 fully saturated rings. The smallest absolute Gasteiger partial charge is 0.249 e. The van der Waals surface area contributed by atoms with Gasteiger partial charge in [0.25, 0.3) is 0 Å². The number of anilines is 1. The summed E-state index contributed by atoms with van der Waals surface area (Å²) in [5.74, 6) is -0.150. The molecule has 0 aliphatic carbocycles. The Balaban J connectivity index is 2.20. The Morgan fingerprint density at radius 1 is 1.30 bits per heavy atom. The van der Waals surface area contributed by atoms with Gasteiger partial charge >= 0.3 is 0 Å². The van der Waals surface area contributed by atoms with Crippen molar-refractivity contribution in [3.8, 4) is 0 Å².